The lowest BCUT2D eigenvalue weighted by Gasteiger charge is -2.15. The van der Waals surface area contributed by atoms with Crippen molar-refractivity contribution in [1.82, 2.24) is 10.3 Å². The number of nitrogens with zero attached hydrogens (tertiary/aromatic N) is 1. The number of ether oxygens (including phenoxy) is 1. The van der Waals surface area contributed by atoms with E-state index in [0.717, 1.165) is 28.4 Å². The highest BCUT2D eigenvalue weighted by atomic mass is 32.1. The maximum atomic E-state index is 12.7. The average molecular weight is 451 g/mol. The van der Waals surface area contributed by atoms with Crippen molar-refractivity contribution in [2.75, 3.05) is 18.5 Å². The Labute approximate surface area is 180 Å². The summed E-state index contributed by atoms with van der Waals surface area (Å²) in [6.45, 7) is 1.51. The largest absolute Gasteiger partial charge is 0.491 e. The van der Waals surface area contributed by atoms with Gasteiger partial charge in [-0.25, -0.2) is 9.78 Å². The fraction of sp³-hybridized carbons (Fsp3) is 0.238. The number of carbonyl (C=O) groups excluding carboxylic acids is 1. The Bertz CT molecular complexity index is 1020. The van der Waals surface area contributed by atoms with Crippen LogP contribution in [0.5, 0.6) is 5.75 Å². The molecule has 2 amide bonds. The molecule has 0 radical (unpaired) electrons. The van der Waals surface area contributed by atoms with E-state index in [4.69, 9.17) is 4.74 Å². The first-order valence-electron chi connectivity index (χ1n) is 9.26. The van der Waals surface area contributed by atoms with E-state index in [1.165, 1.54) is 12.1 Å². The number of benzene rings is 2. The molecular formula is C21H20F3N3O3S. The number of aliphatic hydroxyl groups excluding tert-OH is 1. The molecule has 1 unspecified atom stereocenters. The Morgan fingerprint density at radius 1 is 1.23 bits per heavy atom. The van der Waals surface area contributed by atoms with Gasteiger partial charge in [0, 0.05) is 23.2 Å². The Morgan fingerprint density at radius 2 is 1.97 bits per heavy atom. The second-order valence-electron chi connectivity index (χ2n) is 6.65. The highest BCUT2D eigenvalue weighted by Crippen LogP contribution is 2.31. The smallest absolute Gasteiger partial charge is 0.416 e. The molecule has 0 fully saturated rings. The number of alkyl halides is 3. The van der Waals surface area contributed by atoms with Crippen LogP contribution in [0.2, 0.25) is 0 Å². The molecule has 1 heterocycles. The highest BCUT2D eigenvalue weighted by molar-refractivity contribution is 7.09. The van der Waals surface area contributed by atoms with Crippen LogP contribution < -0.4 is 15.4 Å². The van der Waals surface area contributed by atoms with Crippen molar-refractivity contribution < 1.29 is 27.8 Å². The molecule has 6 nitrogen and oxygen atoms in total. The summed E-state index contributed by atoms with van der Waals surface area (Å²) in [5.74, 6) is -0.0197. The number of aliphatic hydroxyl groups is 1. The van der Waals surface area contributed by atoms with Crippen molar-refractivity contribution in [1.29, 1.82) is 0 Å². The van der Waals surface area contributed by atoms with Crippen LogP contribution >= 0.6 is 11.3 Å². The summed E-state index contributed by atoms with van der Waals surface area (Å²) in [5, 5.41) is 18.0. The number of aryl methyl sites for hydroxylation is 1. The number of anilines is 1. The lowest BCUT2D eigenvalue weighted by atomic mass is 10.1. The average Bonchev–Trinajstić information content (AvgIpc) is 3.17. The van der Waals surface area contributed by atoms with Crippen LogP contribution in [-0.2, 0) is 6.18 Å². The minimum Gasteiger partial charge on any atom is -0.491 e. The molecule has 1 atom stereocenters. The van der Waals surface area contributed by atoms with Gasteiger partial charge in [0.1, 0.15) is 18.5 Å². The van der Waals surface area contributed by atoms with E-state index in [9.17, 15) is 23.1 Å². The van der Waals surface area contributed by atoms with Crippen molar-refractivity contribution in [3.63, 3.8) is 0 Å². The van der Waals surface area contributed by atoms with Crippen LogP contribution in [0.1, 0.15) is 10.6 Å². The monoisotopic (exact) mass is 451 g/mol. The zero-order valence-corrected chi connectivity index (χ0v) is 17.3. The fourth-order valence-corrected chi connectivity index (χ4v) is 3.24. The van der Waals surface area contributed by atoms with Gasteiger partial charge >= 0.3 is 12.2 Å². The van der Waals surface area contributed by atoms with Gasteiger partial charge in [-0.15, -0.1) is 11.3 Å². The summed E-state index contributed by atoms with van der Waals surface area (Å²) in [5.41, 5.74) is 1.51. The summed E-state index contributed by atoms with van der Waals surface area (Å²) in [7, 11) is 0. The van der Waals surface area contributed by atoms with E-state index in [0.29, 0.717) is 5.69 Å². The number of hydrogen-bond acceptors (Lipinski definition) is 5. The molecule has 0 spiro atoms. The van der Waals surface area contributed by atoms with E-state index in [1.807, 2.05) is 24.4 Å². The van der Waals surface area contributed by atoms with Gasteiger partial charge in [-0.05, 0) is 37.3 Å². The van der Waals surface area contributed by atoms with Crippen molar-refractivity contribution in [3.8, 4) is 17.0 Å². The Balaban J connectivity index is 1.43. The van der Waals surface area contributed by atoms with E-state index < -0.39 is 23.9 Å². The first kappa shape index (κ1) is 22.6. The molecule has 164 valence electrons. The minimum absolute atomic E-state index is 0.0197. The third-order valence-corrected chi connectivity index (χ3v) is 4.93. The summed E-state index contributed by atoms with van der Waals surface area (Å²) >= 11 is 1.55. The first-order valence-corrected chi connectivity index (χ1v) is 10.1. The molecule has 0 bridgehead atoms. The van der Waals surface area contributed by atoms with E-state index in [1.54, 1.807) is 23.5 Å². The van der Waals surface area contributed by atoms with Crippen LogP contribution in [0.4, 0.5) is 23.7 Å². The van der Waals surface area contributed by atoms with Gasteiger partial charge < -0.3 is 20.5 Å². The van der Waals surface area contributed by atoms with Crippen molar-refractivity contribution in [3.05, 3.63) is 64.5 Å². The van der Waals surface area contributed by atoms with Gasteiger partial charge in [0.2, 0.25) is 0 Å². The Hall–Kier alpha value is -3.11. The standard InChI is InChI=1S/C21H20F3N3O3S/c1-13-26-19(12-31-13)14-5-7-16(8-6-14)27-20(29)25-10-17(28)11-30-18-4-2-3-15(9-18)21(22,23)24/h2-9,12,17,28H,10-11H2,1H3,(H2,25,27,29). The normalized spacial score (nSPS) is 12.3. The van der Waals surface area contributed by atoms with Crippen molar-refractivity contribution in [2.45, 2.75) is 19.2 Å². The topological polar surface area (TPSA) is 83.5 Å². The highest BCUT2D eigenvalue weighted by Gasteiger charge is 2.30. The lowest BCUT2D eigenvalue weighted by Crippen LogP contribution is -2.37. The van der Waals surface area contributed by atoms with Crippen LogP contribution in [0, 0.1) is 6.92 Å². The van der Waals surface area contributed by atoms with Gasteiger partial charge in [0.15, 0.2) is 0 Å². The molecule has 31 heavy (non-hydrogen) atoms. The van der Waals surface area contributed by atoms with Crippen LogP contribution in [0.15, 0.2) is 53.9 Å². The summed E-state index contributed by atoms with van der Waals surface area (Å²) in [4.78, 5) is 16.4. The molecule has 3 rings (SSSR count). The summed E-state index contributed by atoms with van der Waals surface area (Å²) in [6, 6.07) is 11.0. The molecule has 0 aliphatic carbocycles. The second kappa shape index (κ2) is 9.80. The van der Waals surface area contributed by atoms with Crippen molar-refractivity contribution >= 4 is 23.1 Å². The molecule has 3 aromatic rings. The van der Waals surface area contributed by atoms with Crippen LogP contribution in [-0.4, -0.2) is 35.4 Å². The SMILES string of the molecule is Cc1nc(-c2ccc(NC(=O)NCC(O)COc3cccc(C(F)(F)F)c3)cc2)cs1. The van der Waals surface area contributed by atoms with Gasteiger partial charge in [-0.1, -0.05) is 18.2 Å². The molecule has 0 aliphatic rings. The molecule has 0 saturated carbocycles. The number of carbonyl (C=O) groups is 1. The predicted octanol–water partition coefficient (Wildman–Crippen LogP) is 4.70. The number of urea groups is 1. The third-order valence-electron chi connectivity index (χ3n) is 4.16. The van der Waals surface area contributed by atoms with Gasteiger partial charge in [0.25, 0.3) is 0 Å². The number of amides is 2. The van der Waals surface area contributed by atoms with Gasteiger partial charge in [0.05, 0.1) is 16.3 Å². The quantitative estimate of drug-likeness (QED) is 0.486. The van der Waals surface area contributed by atoms with Crippen molar-refractivity contribution in [2.24, 2.45) is 0 Å². The summed E-state index contributed by atoms with van der Waals surface area (Å²) in [6.07, 6.45) is -5.58. The minimum atomic E-state index is -4.48. The van der Waals surface area contributed by atoms with Crippen LogP contribution in [0.25, 0.3) is 11.3 Å². The maximum Gasteiger partial charge on any atom is 0.416 e. The predicted molar refractivity (Wildman–Crippen MR) is 112 cm³/mol. The van der Waals surface area contributed by atoms with Gasteiger partial charge in [-0.2, -0.15) is 13.2 Å². The van der Waals surface area contributed by atoms with E-state index in [-0.39, 0.29) is 18.9 Å². The third kappa shape index (κ3) is 6.69. The van der Waals surface area contributed by atoms with E-state index >= 15 is 0 Å². The number of hydrogen-bond donors (Lipinski definition) is 3. The number of halogens is 3. The fourth-order valence-electron chi connectivity index (χ4n) is 2.62. The zero-order chi connectivity index (χ0) is 22.4. The number of thiazole rings is 1. The lowest BCUT2D eigenvalue weighted by molar-refractivity contribution is -0.137. The molecule has 2 aromatic carbocycles. The second-order valence-corrected chi connectivity index (χ2v) is 7.72. The zero-order valence-electron chi connectivity index (χ0n) is 16.4. The Morgan fingerprint density at radius 3 is 2.61 bits per heavy atom. The number of rotatable bonds is 7. The number of aromatic nitrogens is 1. The molecule has 1 aromatic heterocycles. The number of nitrogens with one attached hydrogen (secondary N) is 2. The molecule has 0 aliphatic heterocycles. The molecule has 0 saturated heterocycles. The van der Waals surface area contributed by atoms with Crippen LogP contribution in [0.3, 0.4) is 0 Å². The molecule has 10 heteroatoms. The first-order chi connectivity index (χ1) is 14.7. The van der Waals surface area contributed by atoms with E-state index in [2.05, 4.69) is 15.6 Å². The molecule has 3 N–H and O–H groups in total. The molecular weight excluding hydrogens is 431 g/mol. The maximum absolute atomic E-state index is 12.7. The summed E-state index contributed by atoms with van der Waals surface area (Å²) < 4.78 is 43.3. The Kier molecular flexibility index (Phi) is 7.13. The van der Waals surface area contributed by atoms with Gasteiger partial charge in [-0.3, -0.25) is 0 Å².